The first kappa shape index (κ1) is 14.4. The molecule has 3 nitrogen and oxygen atoms in total. The molecule has 0 bridgehead atoms. The topological polar surface area (TPSA) is 30.7 Å². The first-order chi connectivity index (χ1) is 11.8. The highest BCUT2D eigenvalue weighted by molar-refractivity contribution is 5.68. The Morgan fingerprint density at radius 2 is 1.42 bits per heavy atom. The standard InChI is InChI=1S/C21H16N3/c1-16-14-23-24(21(16)19-8-5-13-22-15-19)20-11-9-18(10-12-20)17-6-3-2-4-7-17/h2-15H,1H2. The number of rotatable bonds is 3. The molecule has 2 heterocycles. The van der Waals surface area contributed by atoms with Crippen LogP contribution < -0.4 is 0 Å². The molecular weight excluding hydrogens is 294 g/mol. The molecule has 1 radical (unpaired) electrons. The van der Waals surface area contributed by atoms with Gasteiger partial charge in [-0.05, 0) is 47.9 Å². The van der Waals surface area contributed by atoms with Crippen molar-refractivity contribution in [1.29, 1.82) is 0 Å². The maximum Gasteiger partial charge on any atom is 0.0788 e. The molecule has 0 fully saturated rings. The molecule has 0 spiro atoms. The summed E-state index contributed by atoms with van der Waals surface area (Å²) in [5.74, 6) is 0. The minimum absolute atomic E-state index is 0.884. The van der Waals surface area contributed by atoms with Crippen molar-refractivity contribution in [2.75, 3.05) is 0 Å². The van der Waals surface area contributed by atoms with Crippen LogP contribution in [0.25, 0.3) is 28.1 Å². The van der Waals surface area contributed by atoms with E-state index in [9.17, 15) is 0 Å². The van der Waals surface area contributed by atoms with Crippen LogP contribution in [0, 0.1) is 6.92 Å². The molecule has 3 heteroatoms. The van der Waals surface area contributed by atoms with Crippen molar-refractivity contribution >= 4 is 0 Å². The zero-order valence-electron chi connectivity index (χ0n) is 13.1. The normalized spacial score (nSPS) is 10.7. The number of pyridine rings is 1. The van der Waals surface area contributed by atoms with Gasteiger partial charge in [0.15, 0.2) is 0 Å². The quantitative estimate of drug-likeness (QED) is 0.545. The molecule has 0 N–H and O–H groups in total. The molecule has 0 aliphatic heterocycles. The summed E-state index contributed by atoms with van der Waals surface area (Å²) in [7, 11) is 0. The van der Waals surface area contributed by atoms with E-state index in [1.807, 2.05) is 41.2 Å². The average Bonchev–Trinajstić information content (AvgIpc) is 3.05. The van der Waals surface area contributed by atoms with Crippen molar-refractivity contribution in [1.82, 2.24) is 14.8 Å². The fraction of sp³-hybridized carbons (Fsp3) is 0. The van der Waals surface area contributed by atoms with Gasteiger partial charge in [-0.2, -0.15) is 5.10 Å². The summed E-state index contributed by atoms with van der Waals surface area (Å²) >= 11 is 0. The summed E-state index contributed by atoms with van der Waals surface area (Å²) in [6.07, 6.45) is 5.38. The highest BCUT2D eigenvalue weighted by Crippen LogP contribution is 2.27. The van der Waals surface area contributed by atoms with Gasteiger partial charge in [-0.3, -0.25) is 4.98 Å². The third-order valence-electron chi connectivity index (χ3n) is 4.00. The van der Waals surface area contributed by atoms with Crippen LogP contribution in [0.5, 0.6) is 0 Å². The molecule has 4 aromatic rings. The number of benzene rings is 2. The van der Waals surface area contributed by atoms with Gasteiger partial charge in [0.1, 0.15) is 0 Å². The van der Waals surface area contributed by atoms with Crippen LogP contribution in [-0.4, -0.2) is 14.8 Å². The Hall–Kier alpha value is -3.20. The van der Waals surface area contributed by atoms with Crippen LogP contribution in [0.3, 0.4) is 0 Å². The Morgan fingerprint density at radius 1 is 0.708 bits per heavy atom. The molecule has 115 valence electrons. The fourth-order valence-electron chi connectivity index (χ4n) is 2.81. The molecule has 0 aliphatic rings. The van der Waals surface area contributed by atoms with Crippen LogP contribution in [0.4, 0.5) is 0 Å². The number of hydrogen-bond donors (Lipinski definition) is 0. The Morgan fingerprint density at radius 3 is 2.12 bits per heavy atom. The largest absolute Gasteiger partial charge is 0.264 e. The molecule has 2 aromatic carbocycles. The summed E-state index contributed by atoms with van der Waals surface area (Å²) in [6, 6.07) is 22.7. The van der Waals surface area contributed by atoms with Crippen molar-refractivity contribution < 1.29 is 0 Å². The zero-order chi connectivity index (χ0) is 16.4. The molecule has 0 aliphatic carbocycles. The third-order valence-corrected chi connectivity index (χ3v) is 4.00. The summed E-state index contributed by atoms with van der Waals surface area (Å²) in [6.45, 7) is 4.10. The Balaban J connectivity index is 1.76. The van der Waals surface area contributed by atoms with Gasteiger partial charge in [0.05, 0.1) is 17.6 Å². The zero-order valence-corrected chi connectivity index (χ0v) is 13.1. The molecule has 24 heavy (non-hydrogen) atoms. The summed E-state index contributed by atoms with van der Waals surface area (Å²) in [5, 5.41) is 4.49. The van der Waals surface area contributed by atoms with Crippen molar-refractivity contribution in [2.24, 2.45) is 0 Å². The van der Waals surface area contributed by atoms with E-state index in [-0.39, 0.29) is 0 Å². The Kier molecular flexibility index (Phi) is 3.67. The lowest BCUT2D eigenvalue weighted by Crippen LogP contribution is -1.99. The predicted molar refractivity (Wildman–Crippen MR) is 96.7 cm³/mol. The van der Waals surface area contributed by atoms with Gasteiger partial charge >= 0.3 is 0 Å². The van der Waals surface area contributed by atoms with Gasteiger partial charge in [-0.1, -0.05) is 42.5 Å². The van der Waals surface area contributed by atoms with Crippen LogP contribution >= 0.6 is 0 Å². The smallest absolute Gasteiger partial charge is 0.0788 e. The van der Waals surface area contributed by atoms with Gasteiger partial charge in [0.25, 0.3) is 0 Å². The molecule has 0 saturated carbocycles. The van der Waals surface area contributed by atoms with Crippen molar-refractivity contribution in [3.63, 3.8) is 0 Å². The van der Waals surface area contributed by atoms with E-state index < -0.39 is 0 Å². The second kappa shape index (κ2) is 6.13. The predicted octanol–water partition coefficient (Wildman–Crippen LogP) is 4.78. The van der Waals surface area contributed by atoms with E-state index in [1.165, 1.54) is 11.1 Å². The van der Waals surface area contributed by atoms with E-state index in [2.05, 4.69) is 53.4 Å². The third kappa shape index (κ3) is 2.61. The SMILES string of the molecule is [CH2]c1cnn(-c2ccc(-c3ccccc3)cc2)c1-c1cccnc1. The van der Waals surface area contributed by atoms with Crippen molar-refractivity contribution in [3.8, 4) is 28.1 Å². The number of hydrogen-bond acceptors (Lipinski definition) is 2. The molecular formula is C21H16N3. The Bertz CT molecular complexity index is 940. The number of aromatic nitrogens is 3. The fourth-order valence-corrected chi connectivity index (χ4v) is 2.81. The highest BCUT2D eigenvalue weighted by atomic mass is 15.3. The van der Waals surface area contributed by atoms with E-state index in [1.54, 1.807) is 12.4 Å². The first-order valence-electron chi connectivity index (χ1n) is 7.79. The maximum absolute atomic E-state index is 4.49. The Labute approximate surface area is 141 Å². The van der Waals surface area contributed by atoms with Crippen LogP contribution in [0.1, 0.15) is 5.56 Å². The molecule has 2 aromatic heterocycles. The molecule has 0 saturated heterocycles. The second-order valence-corrected chi connectivity index (χ2v) is 5.58. The van der Waals surface area contributed by atoms with Gasteiger partial charge < -0.3 is 0 Å². The van der Waals surface area contributed by atoms with Crippen molar-refractivity contribution in [2.45, 2.75) is 0 Å². The lowest BCUT2D eigenvalue weighted by atomic mass is 10.1. The molecule has 4 rings (SSSR count). The van der Waals surface area contributed by atoms with E-state index in [0.717, 1.165) is 22.5 Å². The van der Waals surface area contributed by atoms with Crippen LogP contribution in [0.15, 0.2) is 85.3 Å². The summed E-state index contributed by atoms with van der Waals surface area (Å²) < 4.78 is 1.91. The molecule has 0 atom stereocenters. The van der Waals surface area contributed by atoms with Gasteiger partial charge in [-0.15, -0.1) is 0 Å². The minimum Gasteiger partial charge on any atom is -0.264 e. The average molecular weight is 310 g/mol. The van der Waals surface area contributed by atoms with E-state index >= 15 is 0 Å². The first-order valence-corrected chi connectivity index (χ1v) is 7.79. The second-order valence-electron chi connectivity index (χ2n) is 5.58. The van der Waals surface area contributed by atoms with Gasteiger partial charge in [-0.25, -0.2) is 4.68 Å². The maximum atomic E-state index is 4.49. The van der Waals surface area contributed by atoms with E-state index in [0.29, 0.717) is 0 Å². The van der Waals surface area contributed by atoms with Crippen LogP contribution in [0.2, 0.25) is 0 Å². The molecule has 0 unspecified atom stereocenters. The van der Waals surface area contributed by atoms with Gasteiger partial charge in [0.2, 0.25) is 0 Å². The molecule has 0 amide bonds. The lowest BCUT2D eigenvalue weighted by Gasteiger charge is -2.10. The van der Waals surface area contributed by atoms with Crippen LogP contribution in [-0.2, 0) is 0 Å². The van der Waals surface area contributed by atoms with Gasteiger partial charge in [0, 0.05) is 18.0 Å². The summed E-state index contributed by atoms with van der Waals surface area (Å²) in [4.78, 5) is 4.20. The lowest BCUT2D eigenvalue weighted by molar-refractivity contribution is 0.887. The monoisotopic (exact) mass is 310 g/mol. The minimum atomic E-state index is 0.884. The van der Waals surface area contributed by atoms with E-state index in [4.69, 9.17) is 0 Å². The summed E-state index contributed by atoms with van der Waals surface area (Å²) in [5.41, 5.74) is 6.25. The van der Waals surface area contributed by atoms with Crippen molar-refractivity contribution in [3.05, 3.63) is 97.8 Å². The number of nitrogens with zero attached hydrogens (tertiary/aromatic N) is 3. The highest BCUT2D eigenvalue weighted by Gasteiger charge is 2.11.